The van der Waals surface area contributed by atoms with E-state index in [0.717, 1.165) is 59.5 Å². The number of methoxy groups -OCH3 is 1. The summed E-state index contributed by atoms with van der Waals surface area (Å²) < 4.78 is 13.2. The van der Waals surface area contributed by atoms with Crippen LogP contribution in [0.1, 0.15) is 37.7 Å². The largest absolute Gasteiger partial charge is 0.494 e. The highest BCUT2D eigenvalue weighted by Crippen LogP contribution is 2.30. The number of fused-ring (bicyclic) bond motifs is 1. The molecule has 36 heavy (non-hydrogen) atoms. The van der Waals surface area contributed by atoms with Gasteiger partial charge in [-0.25, -0.2) is 4.98 Å². The van der Waals surface area contributed by atoms with E-state index in [1.807, 2.05) is 30.5 Å². The van der Waals surface area contributed by atoms with Crippen molar-refractivity contribution in [1.29, 1.82) is 0 Å². The highest BCUT2D eigenvalue weighted by molar-refractivity contribution is 5.84. The van der Waals surface area contributed by atoms with Crippen molar-refractivity contribution in [3.8, 4) is 22.8 Å². The molecule has 188 valence electrons. The molecule has 0 aliphatic rings. The van der Waals surface area contributed by atoms with E-state index in [0.29, 0.717) is 26.2 Å². The van der Waals surface area contributed by atoms with E-state index in [1.54, 1.807) is 13.3 Å². The van der Waals surface area contributed by atoms with Crippen molar-refractivity contribution < 1.29 is 14.3 Å². The van der Waals surface area contributed by atoms with Crippen molar-refractivity contribution in [2.45, 2.75) is 39.0 Å². The lowest BCUT2D eigenvalue weighted by Crippen LogP contribution is -2.24. The summed E-state index contributed by atoms with van der Waals surface area (Å²) in [7, 11) is 1.67. The van der Waals surface area contributed by atoms with Gasteiger partial charge in [0, 0.05) is 56.4 Å². The summed E-state index contributed by atoms with van der Waals surface area (Å²) in [6.45, 7) is 4.02. The molecule has 2 heterocycles. The van der Waals surface area contributed by atoms with Gasteiger partial charge in [0.2, 0.25) is 5.91 Å². The highest BCUT2D eigenvalue weighted by atomic mass is 16.5. The Morgan fingerprint density at radius 1 is 1.00 bits per heavy atom. The molecule has 1 amide bonds. The highest BCUT2D eigenvalue weighted by Gasteiger charge is 2.15. The maximum atomic E-state index is 11.9. The first-order valence-corrected chi connectivity index (χ1v) is 12.5. The molecule has 0 fully saturated rings. The van der Waals surface area contributed by atoms with Gasteiger partial charge in [-0.15, -0.1) is 0 Å². The van der Waals surface area contributed by atoms with Gasteiger partial charge in [-0.05, 0) is 69.0 Å². The molecule has 0 saturated carbocycles. The number of hydrogen-bond acceptors (Lipinski definition) is 5. The van der Waals surface area contributed by atoms with Crippen LogP contribution >= 0.6 is 0 Å². The molecule has 2 aromatic heterocycles. The molecule has 0 aliphatic heterocycles. The summed E-state index contributed by atoms with van der Waals surface area (Å²) in [6.07, 6.45) is 7.69. The van der Waals surface area contributed by atoms with Crippen LogP contribution in [0.15, 0.2) is 67.0 Å². The number of carbonyl (C=O) groups is 1. The SMILES string of the molecule is COCCCNC(=O)CCCCCOc1ccc2nc(-c3cccnc3)n(-c3ccc(C)cc3)c2c1. The third-order valence-electron chi connectivity index (χ3n) is 6.00. The number of aromatic nitrogens is 3. The molecule has 2 aromatic carbocycles. The van der Waals surface area contributed by atoms with Crippen LogP contribution in [0.25, 0.3) is 28.1 Å². The number of pyridine rings is 1. The van der Waals surface area contributed by atoms with Gasteiger partial charge in [0.15, 0.2) is 0 Å². The molecule has 0 radical (unpaired) electrons. The molecular weight excluding hydrogens is 452 g/mol. The van der Waals surface area contributed by atoms with Crippen LogP contribution in [0.3, 0.4) is 0 Å². The van der Waals surface area contributed by atoms with Crippen LogP contribution in [0.4, 0.5) is 0 Å². The van der Waals surface area contributed by atoms with Gasteiger partial charge in [0.1, 0.15) is 11.6 Å². The number of aryl methyl sites for hydroxylation is 1. The third-order valence-corrected chi connectivity index (χ3v) is 6.00. The molecule has 0 aliphatic carbocycles. The Kier molecular flexibility index (Phi) is 9.05. The number of hydrogen-bond donors (Lipinski definition) is 1. The summed E-state index contributed by atoms with van der Waals surface area (Å²) in [4.78, 5) is 21.1. The fourth-order valence-electron chi connectivity index (χ4n) is 4.08. The second-order valence-corrected chi connectivity index (χ2v) is 8.85. The van der Waals surface area contributed by atoms with Crippen LogP contribution in [-0.2, 0) is 9.53 Å². The second-order valence-electron chi connectivity index (χ2n) is 8.85. The Morgan fingerprint density at radius 3 is 2.64 bits per heavy atom. The zero-order valence-corrected chi connectivity index (χ0v) is 21.1. The standard InChI is InChI=1S/C29H34N4O3/c1-22-10-12-24(13-11-22)33-27-20-25(14-15-26(27)32-29(33)23-8-6-16-30-21-23)36-19-5-3-4-9-28(34)31-17-7-18-35-2/h6,8,10-16,20-21H,3-5,7,9,17-19H2,1-2H3,(H,31,34). The van der Waals surface area contributed by atoms with E-state index < -0.39 is 0 Å². The lowest BCUT2D eigenvalue weighted by Gasteiger charge is -2.11. The van der Waals surface area contributed by atoms with Crippen molar-refractivity contribution in [3.63, 3.8) is 0 Å². The molecular formula is C29H34N4O3. The van der Waals surface area contributed by atoms with Gasteiger partial charge in [-0.3, -0.25) is 14.3 Å². The zero-order chi connectivity index (χ0) is 25.2. The molecule has 7 nitrogen and oxygen atoms in total. The fraction of sp³-hybridized carbons (Fsp3) is 0.345. The van der Waals surface area contributed by atoms with Gasteiger partial charge in [-0.1, -0.05) is 17.7 Å². The lowest BCUT2D eigenvalue weighted by molar-refractivity contribution is -0.121. The predicted molar refractivity (Wildman–Crippen MR) is 143 cm³/mol. The van der Waals surface area contributed by atoms with E-state index in [9.17, 15) is 4.79 Å². The van der Waals surface area contributed by atoms with Gasteiger partial charge >= 0.3 is 0 Å². The van der Waals surface area contributed by atoms with Crippen LogP contribution in [-0.4, -0.2) is 47.3 Å². The monoisotopic (exact) mass is 486 g/mol. The van der Waals surface area contributed by atoms with E-state index in [4.69, 9.17) is 14.5 Å². The third kappa shape index (κ3) is 6.70. The number of benzene rings is 2. The van der Waals surface area contributed by atoms with Crippen molar-refractivity contribution in [2.75, 3.05) is 26.9 Å². The predicted octanol–water partition coefficient (Wildman–Crippen LogP) is 5.49. The maximum Gasteiger partial charge on any atom is 0.219 e. The van der Waals surface area contributed by atoms with Crippen molar-refractivity contribution in [2.24, 2.45) is 0 Å². The zero-order valence-electron chi connectivity index (χ0n) is 21.1. The number of nitrogens with one attached hydrogen (secondary N) is 1. The normalized spacial score (nSPS) is 11.1. The van der Waals surface area contributed by atoms with E-state index in [1.165, 1.54) is 5.56 Å². The van der Waals surface area contributed by atoms with E-state index in [2.05, 4.69) is 52.1 Å². The first kappa shape index (κ1) is 25.4. The van der Waals surface area contributed by atoms with Crippen LogP contribution in [0.5, 0.6) is 5.75 Å². The number of ether oxygens (including phenoxy) is 2. The minimum atomic E-state index is 0.103. The summed E-state index contributed by atoms with van der Waals surface area (Å²) in [6, 6.07) is 18.4. The summed E-state index contributed by atoms with van der Waals surface area (Å²) in [5.41, 5.74) is 5.09. The summed E-state index contributed by atoms with van der Waals surface area (Å²) >= 11 is 0. The van der Waals surface area contributed by atoms with Crippen molar-refractivity contribution >= 4 is 16.9 Å². The Bertz CT molecular complexity index is 1250. The molecule has 1 N–H and O–H groups in total. The Balaban J connectivity index is 1.40. The number of imidazole rings is 1. The lowest BCUT2D eigenvalue weighted by atomic mass is 10.2. The number of carbonyl (C=O) groups excluding carboxylic acids is 1. The molecule has 0 saturated heterocycles. The molecule has 0 unspecified atom stereocenters. The van der Waals surface area contributed by atoms with Gasteiger partial charge in [-0.2, -0.15) is 0 Å². The summed E-state index contributed by atoms with van der Waals surface area (Å²) in [5, 5.41) is 2.92. The minimum Gasteiger partial charge on any atom is -0.494 e. The summed E-state index contributed by atoms with van der Waals surface area (Å²) in [5.74, 6) is 1.76. The fourth-order valence-corrected chi connectivity index (χ4v) is 4.08. The van der Waals surface area contributed by atoms with Gasteiger partial charge in [0.05, 0.1) is 17.6 Å². The van der Waals surface area contributed by atoms with E-state index >= 15 is 0 Å². The second kappa shape index (κ2) is 12.8. The topological polar surface area (TPSA) is 78.3 Å². The van der Waals surface area contributed by atoms with Gasteiger partial charge < -0.3 is 14.8 Å². The van der Waals surface area contributed by atoms with Crippen LogP contribution < -0.4 is 10.1 Å². The molecule has 0 spiro atoms. The van der Waals surface area contributed by atoms with Crippen LogP contribution in [0.2, 0.25) is 0 Å². The van der Waals surface area contributed by atoms with Crippen LogP contribution in [0, 0.1) is 6.92 Å². The smallest absolute Gasteiger partial charge is 0.219 e. The van der Waals surface area contributed by atoms with Crippen molar-refractivity contribution in [3.05, 3.63) is 72.6 Å². The molecule has 7 heteroatoms. The number of amides is 1. The Morgan fingerprint density at radius 2 is 1.86 bits per heavy atom. The van der Waals surface area contributed by atoms with E-state index in [-0.39, 0.29) is 5.91 Å². The average Bonchev–Trinajstić information content (AvgIpc) is 3.28. The Labute approximate surface area is 212 Å². The minimum absolute atomic E-state index is 0.103. The number of rotatable bonds is 13. The molecule has 0 atom stereocenters. The quantitative estimate of drug-likeness (QED) is 0.253. The Hall–Kier alpha value is -3.71. The average molecular weight is 487 g/mol. The molecule has 0 bridgehead atoms. The first-order valence-electron chi connectivity index (χ1n) is 12.5. The maximum absolute atomic E-state index is 11.9. The molecule has 4 aromatic rings. The first-order chi connectivity index (χ1) is 17.7. The van der Waals surface area contributed by atoms with Crippen molar-refractivity contribution in [1.82, 2.24) is 19.9 Å². The number of nitrogens with zero attached hydrogens (tertiary/aromatic N) is 3. The van der Waals surface area contributed by atoms with Gasteiger partial charge in [0.25, 0.3) is 0 Å². The number of unbranched alkanes of at least 4 members (excludes halogenated alkanes) is 2. The molecule has 4 rings (SSSR count).